The fourth-order valence-corrected chi connectivity index (χ4v) is 0.773. The maximum Gasteiger partial charge on any atom is 0.322 e. The number of halogens is 1. The molecular weight excluding hydrogens is 192 g/mol. The van der Waals surface area contributed by atoms with E-state index in [0.29, 0.717) is 5.82 Å². The Balaban J connectivity index is 2.69. The van der Waals surface area contributed by atoms with Crippen LogP contribution in [0.2, 0.25) is 5.28 Å². The van der Waals surface area contributed by atoms with Crippen LogP contribution < -0.4 is 5.32 Å². The van der Waals surface area contributed by atoms with Crippen LogP contribution in [0.25, 0.3) is 0 Å². The minimum absolute atomic E-state index is 0.108. The lowest BCUT2D eigenvalue weighted by molar-refractivity contribution is 0.230. The molecule has 0 atom stereocenters. The highest BCUT2D eigenvalue weighted by molar-refractivity contribution is 6.28. The highest BCUT2D eigenvalue weighted by Crippen LogP contribution is 2.05. The second kappa shape index (κ2) is 4.04. The van der Waals surface area contributed by atoms with E-state index in [-0.39, 0.29) is 11.3 Å². The number of carbonyl (C=O) groups is 1. The molecule has 0 saturated carbocycles. The first-order valence-corrected chi connectivity index (χ1v) is 3.94. The lowest BCUT2D eigenvalue weighted by Crippen LogP contribution is -2.27. The summed E-state index contributed by atoms with van der Waals surface area (Å²) in [5.74, 6) is 0.388. The van der Waals surface area contributed by atoms with Gasteiger partial charge in [0.15, 0.2) is 0 Å². The number of carbonyl (C=O) groups excluding carboxylic acids is 1. The van der Waals surface area contributed by atoms with Crippen molar-refractivity contribution < 1.29 is 4.79 Å². The molecule has 6 heteroatoms. The van der Waals surface area contributed by atoms with Crippen molar-refractivity contribution in [1.29, 1.82) is 0 Å². The molecule has 0 spiro atoms. The van der Waals surface area contributed by atoms with Gasteiger partial charge in [-0.05, 0) is 17.7 Å². The monoisotopic (exact) mass is 200 g/mol. The van der Waals surface area contributed by atoms with Crippen LogP contribution in [0, 0.1) is 0 Å². The molecule has 0 aliphatic rings. The number of hydrogen-bond acceptors (Lipinski definition) is 3. The van der Waals surface area contributed by atoms with E-state index in [2.05, 4.69) is 15.3 Å². The third-order valence-corrected chi connectivity index (χ3v) is 1.45. The number of rotatable bonds is 1. The lowest BCUT2D eigenvalue weighted by Gasteiger charge is -2.10. The summed E-state index contributed by atoms with van der Waals surface area (Å²) in [7, 11) is 3.27. The summed E-state index contributed by atoms with van der Waals surface area (Å²) in [6.07, 6.45) is 1.47. The minimum atomic E-state index is -0.255. The Morgan fingerprint density at radius 3 is 2.85 bits per heavy atom. The van der Waals surface area contributed by atoms with Gasteiger partial charge in [0.1, 0.15) is 5.82 Å². The zero-order valence-electron chi connectivity index (χ0n) is 7.28. The van der Waals surface area contributed by atoms with Crippen LogP contribution in [0.1, 0.15) is 0 Å². The smallest absolute Gasteiger partial charge is 0.322 e. The Morgan fingerprint density at radius 1 is 1.62 bits per heavy atom. The number of nitrogens with zero attached hydrogens (tertiary/aromatic N) is 3. The van der Waals surface area contributed by atoms with Crippen LogP contribution in [-0.2, 0) is 0 Å². The first kappa shape index (κ1) is 9.73. The number of nitrogens with one attached hydrogen (secondary N) is 1. The lowest BCUT2D eigenvalue weighted by atomic mass is 10.6. The van der Waals surface area contributed by atoms with E-state index in [1.54, 1.807) is 20.2 Å². The molecule has 0 saturated heterocycles. The van der Waals surface area contributed by atoms with Crippen molar-refractivity contribution in [2.75, 3.05) is 19.4 Å². The molecule has 2 amide bonds. The predicted octanol–water partition coefficient (Wildman–Crippen LogP) is 1.22. The van der Waals surface area contributed by atoms with E-state index < -0.39 is 0 Å². The quantitative estimate of drug-likeness (QED) is 0.694. The standard InChI is InChI=1S/C7H9ClN4O/c1-12(2)7(13)11-5-3-4-9-6(8)10-5/h3-4H,1-2H3,(H,9,10,11,13). The first-order chi connectivity index (χ1) is 6.09. The maximum absolute atomic E-state index is 11.1. The molecule has 1 heterocycles. The first-order valence-electron chi connectivity index (χ1n) is 3.56. The van der Waals surface area contributed by atoms with Crippen molar-refractivity contribution in [2.45, 2.75) is 0 Å². The minimum Gasteiger partial charge on any atom is -0.331 e. The highest BCUT2D eigenvalue weighted by Gasteiger charge is 2.04. The summed E-state index contributed by atoms with van der Waals surface area (Å²) in [6, 6.07) is 1.31. The summed E-state index contributed by atoms with van der Waals surface area (Å²) < 4.78 is 0. The van der Waals surface area contributed by atoms with Crippen molar-refractivity contribution >= 4 is 23.4 Å². The summed E-state index contributed by atoms with van der Waals surface area (Å²) >= 11 is 5.52. The van der Waals surface area contributed by atoms with Gasteiger partial charge in [0.05, 0.1) is 0 Å². The normalized spacial score (nSPS) is 9.46. The SMILES string of the molecule is CN(C)C(=O)Nc1ccnc(Cl)n1. The number of amides is 2. The molecule has 0 aliphatic carbocycles. The van der Waals surface area contributed by atoms with Crippen molar-refractivity contribution in [2.24, 2.45) is 0 Å². The van der Waals surface area contributed by atoms with Crippen LogP contribution >= 0.6 is 11.6 Å². The van der Waals surface area contributed by atoms with Crippen molar-refractivity contribution in [3.8, 4) is 0 Å². The van der Waals surface area contributed by atoms with Gasteiger partial charge in [0, 0.05) is 20.3 Å². The Hall–Kier alpha value is -1.36. The van der Waals surface area contributed by atoms with Crippen LogP contribution in [0.15, 0.2) is 12.3 Å². The Labute approximate surface area is 80.7 Å². The van der Waals surface area contributed by atoms with Gasteiger partial charge >= 0.3 is 6.03 Å². The van der Waals surface area contributed by atoms with Gasteiger partial charge < -0.3 is 4.90 Å². The summed E-state index contributed by atoms with van der Waals surface area (Å²) in [5, 5.41) is 2.64. The van der Waals surface area contributed by atoms with E-state index in [1.165, 1.54) is 11.1 Å². The van der Waals surface area contributed by atoms with Gasteiger partial charge in [-0.25, -0.2) is 14.8 Å². The van der Waals surface area contributed by atoms with Crippen molar-refractivity contribution in [3.63, 3.8) is 0 Å². The molecule has 5 nitrogen and oxygen atoms in total. The second-order valence-electron chi connectivity index (χ2n) is 2.54. The average molecular weight is 201 g/mol. The highest BCUT2D eigenvalue weighted by atomic mass is 35.5. The largest absolute Gasteiger partial charge is 0.331 e. The van der Waals surface area contributed by atoms with Gasteiger partial charge in [-0.15, -0.1) is 0 Å². The predicted molar refractivity (Wildman–Crippen MR) is 49.7 cm³/mol. The van der Waals surface area contributed by atoms with E-state index in [0.717, 1.165) is 0 Å². The van der Waals surface area contributed by atoms with E-state index in [1.807, 2.05) is 0 Å². The summed E-state index contributed by atoms with van der Waals surface area (Å²) in [6.45, 7) is 0. The average Bonchev–Trinajstić information content (AvgIpc) is 2.04. The molecule has 70 valence electrons. The number of aromatic nitrogens is 2. The van der Waals surface area contributed by atoms with Crippen LogP contribution in [0.3, 0.4) is 0 Å². The fourth-order valence-electron chi connectivity index (χ4n) is 0.626. The molecule has 1 N–H and O–H groups in total. The molecule has 13 heavy (non-hydrogen) atoms. The molecule has 1 rings (SSSR count). The molecule has 0 aromatic carbocycles. The van der Waals surface area contributed by atoms with Crippen LogP contribution in [0.5, 0.6) is 0 Å². The molecule has 0 unspecified atom stereocenters. The van der Waals surface area contributed by atoms with Crippen LogP contribution in [-0.4, -0.2) is 35.0 Å². The Kier molecular flexibility index (Phi) is 3.02. The van der Waals surface area contributed by atoms with E-state index in [4.69, 9.17) is 11.6 Å². The molecule has 1 aromatic rings. The maximum atomic E-state index is 11.1. The van der Waals surface area contributed by atoms with Crippen LogP contribution in [0.4, 0.5) is 10.6 Å². The summed E-state index contributed by atoms with van der Waals surface area (Å²) in [5.41, 5.74) is 0. The Morgan fingerprint density at radius 2 is 2.31 bits per heavy atom. The molecule has 1 aromatic heterocycles. The van der Waals surface area contributed by atoms with E-state index >= 15 is 0 Å². The van der Waals surface area contributed by atoms with Crippen molar-refractivity contribution in [1.82, 2.24) is 14.9 Å². The molecular formula is C7H9ClN4O. The topological polar surface area (TPSA) is 58.1 Å². The summed E-state index contributed by atoms with van der Waals surface area (Å²) in [4.78, 5) is 20.0. The van der Waals surface area contributed by atoms with Gasteiger partial charge in [0.2, 0.25) is 5.28 Å². The van der Waals surface area contributed by atoms with Gasteiger partial charge in [-0.1, -0.05) is 0 Å². The number of hydrogen-bond donors (Lipinski definition) is 1. The molecule has 0 bridgehead atoms. The van der Waals surface area contributed by atoms with Gasteiger partial charge in [-0.3, -0.25) is 5.32 Å². The number of urea groups is 1. The van der Waals surface area contributed by atoms with E-state index in [9.17, 15) is 4.79 Å². The molecule has 0 radical (unpaired) electrons. The van der Waals surface area contributed by atoms with Gasteiger partial charge in [0.25, 0.3) is 0 Å². The molecule has 0 aliphatic heterocycles. The third-order valence-electron chi connectivity index (χ3n) is 1.27. The third kappa shape index (κ3) is 2.87. The second-order valence-corrected chi connectivity index (χ2v) is 2.87. The number of anilines is 1. The van der Waals surface area contributed by atoms with Gasteiger partial charge in [-0.2, -0.15) is 0 Å². The zero-order chi connectivity index (χ0) is 9.84. The fraction of sp³-hybridized carbons (Fsp3) is 0.286. The Bertz CT molecular complexity index is 315. The molecule has 0 fully saturated rings. The zero-order valence-corrected chi connectivity index (χ0v) is 8.04. The van der Waals surface area contributed by atoms with Crippen molar-refractivity contribution in [3.05, 3.63) is 17.5 Å².